The minimum absolute atomic E-state index is 0.416. The van der Waals surface area contributed by atoms with Crippen LogP contribution >= 0.6 is 11.3 Å². The summed E-state index contributed by atoms with van der Waals surface area (Å²) in [5.41, 5.74) is 3.85. The van der Waals surface area contributed by atoms with Gasteiger partial charge in [0.2, 0.25) is 0 Å². The third kappa shape index (κ3) is 1.23. The average Bonchev–Trinajstić information content (AvgIpc) is 2.52. The summed E-state index contributed by atoms with van der Waals surface area (Å²) in [5, 5.41) is 0. The highest BCUT2D eigenvalue weighted by molar-refractivity contribution is 7.16. The fourth-order valence-corrected chi connectivity index (χ4v) is 1.84. The predicted octanol–water partition coefficient (Wildman–Crippen LogP) is 3.42. The lowest BCUT2D eigenvalue weighted by Gasteiger charge is -2.03. The fourth-order valence-electron chi connectivity index (χ4n) is 1.15. The van der Waals surface area contributed by atoms with Gasteiger partial charge in [-0.3, -0.25) is 0 Å². The smallest absolute Gasteiger partial charge is 0.0812 e. The number of hydrogen-bond acceptors (Lipinski definition) is 2. The quantitative estimate of drug-likeness (QED) is 0.653. The fraction of sp³-hybridized carbons (Fsp3) is 0.300. The second-order valence-electron chi connectivity index (χ2n) is 3.14. The predicted molar refractivity (Wildman–Crippen MR) is 53.7 cm³/mol. The Bertz CT molecular complexity index is 433. The zero-order valence-electron chi connectivity index (χ0n) is 8.16. The lowest BCUT2D eigenvalue weighted by atomic mass is 10.0. The SMILES string of the molecule is [3H]c1c(C(C)C)ccc2ncsc12. The van der Waals surface area contributed by atoms with Crippen LogP contribution in [0.25, 0.3) is 10.2 Å². The van der Waals surface area contributed by atoms with Crippen LogP contribution in [0.2, 0.25) is 0 Å². The van der Waals surface area contributed by atoms with Crippen LogP contribution < -0.4 is 0 Å². The molecule has 1 aromatic heterocycles. The van der Waals surface area contributed by atoms with Crippen molar-refractivity contribution in [2.45, 2.75) is 19.8 Å². The highest BCUT2D eigenvalue weighted by atomic mass is 32.1. The Hall–Kier alpha value is -0.890. The molecule has 0 saturated heterocycles. The number of rotatable bonds is 1. The normalized spacial score (nSPS) is 12.4. The lowest BCUT2D eigenvalue weighted by molar-refractivity contribution is 0.869. The molecule has 62 valence electrons. The molecule has 0 spiro atoms. The van der Waals surface area contributed by atoms with E-state index in [-0.39, 0.29) is 0 Å². The molecule has 0 radical (unpaired) electrons. The third-order valence-corrected chi connectivity index (χ3v) is 2.65. The summed E-state index contributed by atoms with van der Waals surface area (Å²) in [6, 6.07) is 4.66. The molecule has 0 fully saturated rings. The van der Waals surface area contributed by atoms with Crippen molar-refractivity contribution < 1.29 is 1.37 Å². The maximum absolute atomic E-state index is 7.96. The zero-order valence-corrected chi connectivity index (χ0v) is 7.98. The van der Waals surface area contributed by atoms with E-state index in [9.17, 15) is 0 Å². The van der Waals surface area contributed by atoms with E-state index in [1.165, 1.54) is 0 Å². The highest BCUT2D eigenvalue weighted by Crippen LogP contribution is 2.23. The molecular weight excluding hydrogens is 166 g/mol. The van der Waals surface area contributed by atoms with Gasteiger partial charge in [-0.2, -0.15) is 0 Å². The van der Waals surface area contributed by atoms with Crippen LogP contribution in [-0.4, -0.2) is 4.98 Å². The molecule has 12 heavy (non-hydrogen) atoms. The molecule has 0 aliphatic carbocycles. The topological polar surface area (TPSA) is 12.9 Å². The number of nitrogens with zero attached hydrogens (tertiary/aromatic N) is 1. The summed E-state index contributed by atoms with van der Waals surface area (Å²) in [4.78, 5) is 4.18. The first-order valence-corrected chi connectivity index (χ1v) is 4.91. The van der Waals surface area contributed by atoms with Gasteiger partial charge in [0.15, 0.2) is 0 Å². The van der Waals surface area contributed by atoms with Gasteiger partial charge in [0.05, 0.1) is 17.1 Å². The molecule has 1 nitrogen and oxygen atoms in total. The molecule has 0 aliphatic rings. The molecule has 2 rings (SSSR count). The van der Waals surface area contributed by atoms with Crippen molar-refractivity contribution in [2.24, 2.45) is 0 Å². The van der Waals surface area contributed by atoms with Crippen LogP contribution in [0.15, 0.2) is 23.7 Å². The molecule has 0 N–H and O–H groups in total. The van der Waals surface area contributed by atoms with Gasteiger partial charge in [-0.15, -0.1) is 11.3 Å². The summed E-state index contributed by atoms with van der Waals surface area (Å²) in [6.07, 6.45) is 0. The van der Waals surface area contributed by atoms with Gasteiger partial charge in [0.25, 0.3) is 0 Å². The number of benzene rings is 1. The Kier molecular flexibility index (Phi) is 1.58. The summed E-state index contributed by atoms with van der Waals surface area (Å²) in [7, 11) is 0. The Morgan fingerprint density at radius 1 is 1.50 bits per heavy atom. The number of hydrogen-bond donors (Lipinski definition) is 0. The first-order valence-electron chi connectivity index (χ1n) is 4.53. The van der Waals surface area contributed by atoms with Crippen molar-refractivity contribution in [1.29, 1.82) is 0 Å². The van der Waals surface area contributed by atoms with Gasteiger partial charge >= 0.3 is 0 Å². The van der Waals surface area contributed by atoms with E-state index in [0.717, 1.165) is 15.8 Å². The Labute approximate surface area is 77.5 Å². The maximum atomic E-state index is 7.96. The second kappa shape index (κ2) is 2.87. The van der Waals surface area contributed by atoms with Gasteiger partial charge in [0.1, 0.15) is 0 Å². The van der Waals surface area contributed by atoms with Crippen LogP contribution in [0.4, 0.5) is 0 Å². The Morgan fingerprint density at radius 2 is 2.33 bits per heavy atom. The van der Waals surface area contributed by atoms with E-state index in [0.29, 0.717) is 12.0 Å². The maximum Gasteiger partial charge on any atom is 0.0812 e. The zero-order chi connectivity index (χ0) is 9.42. The van der Waals surface area contributed by atoms with Gasteiger partial charge in [0, 0.05) is 0 Å². The Morgan fingerprint density at radius 3 is 3.08 bits per heavy atom. The molecule has 0 unspecified atom stereocenters. The van der Waals surface area contributed by atoms with E-state index < -0.39 is 0 Å². The first kappa shape index (κ1) is 6.61. The van der Waals surface area contributed by atoms with Crippen LogP contribution in [-0.2, 0) is 0 Å². The minimum atomic E-state index is 0.416. The molecule has 0 amide bonds. The van der Waals surface area contributed by atoms with E-state index in [2.05, 4.69) is 18.8 Å². The third-order valence-electron chi connectivity index (χ3n) is 1.90. The number of fused-ring (bicyclic) bond motifs is 1. The van der Waals surface area contributed by atoms with E-state index in [1.807, 2.05) is 12.1 Å². The summed E-state index contributed by atoms with van der Waals surface area (Å²) >= 11 is 1.55. The van der Waals surface area contributed by atoms with E-state index in [1.54, 1.807) is 16.8 Å². The number of aromatic nitrogens is 1. The van der Waals surface area contributed by atoms with Crippen LogP contribution in [0.5, 0.6) is 0 Å². The minimum Gasteiger partial charge on any atom is -0.245 e. The van der Waals surface area contributed by atoms with Gasteiger partial charge in [-0.1, -0.05) is 19.9 Å². The van der Waals surface area contributed by atoms with Crippen molar-refractivity contribution in [3.8, 4) is 0 Å². The van der Waals surface area contributed by atoms with Crippen molar-refractivity contribution in [1.82, 2.24) is 4.98 Å². The van der Waals surface area contributed by atoms with Gasteiger partial charge in [-0.05, 0) is 23.6 Å². The molecule has 0 aliphatic heterocycles. The Balaban J connectivity index is 2.73. The van der Waals surface area contributed by atoms with Crippen molar-refractivity contribution in [3.63, 3.8) is 0 Å². The second-order valence-corrected chi connectivity index (χ2v) is 3.99. The highest BCUT2D eigenvalue weighted by Gasteiger charge is 2.01. The molecule has 1 aromatic carbocycles. The monoisotopic (exact) mass is 179 g/mol. The molecule has 2 aromatic rings. The largest absolute Gasteiger partial charge is 0.245 e. The summed E-state index contributed by atoms with van der Waals surface area (Å²) in [5.74, 6) is 0.416. The van der Waals surface area contributed by atoms with E-state index >= 15 is 0 Å². The lowest BCUT2D eigenvalue weighted by Crippen LogP contribution is -1.84. The van der Waals surface area contributed by atoms with Gasteiger partial charge in [-0.25, -0.2) is 4.98 Å². The molecule has 1 heterocycles. The molecule has 0 bridgehead atoms. The van der Waals surface area contributed by atoms with Crippen molar-refractivity contribution in [2.75, 3.05) is 0 Å². The standard InChI is InChI=1S/C10H11NS/c1-7(2)8-3-4-9-10(5-8)12-6-11-9/h3-7H,1-2H3/i5T. The van der Waals surface area contributed by atoms with Crippen LogP contribution in [0, 0.1) is 0 Å². The van der Waals surface area contributed by atoms with Crippen LogP contribution in [0.3, 0.4) is 0 Å². The molecule has 2 heteroatoms. The average molecular weight is 179 g/mol. The summed E-state index contributed by atoms with van der Waals surface area (Å²) < 4.78 is 8.96. The van der Waals surface area contributed by atoms with E-state index in [4.69, 9.17) is 1.37 Å². The molecule has 0 atom stereocenters. The van der Waals surface area contributed by atoms with Crippen LogP contribution in [0.1, 0.15) is 26.7 Å². The van der Waals surface area contributed by atoms with Crippen molar-refractivity contribution in [3.05, 3.63) is 29.2 Å². The molecular formula is C10H11NS. The van der Waals surface area contributed by atoms with Gasteiger partial charge < -0.3 is 0 Å². The summed E-state index contributed by atoms with van der Waals surface area (Å²) in [6.45, 7) is 4.22. The molecule has 0 saturated carbocycles. The first-order chi connectivity index (χ1) is 6.20. The van der Waals surface area contributed by atoms with Crippen molar-refractivity contribution >= 4 is 21.6 Å². The number of thiazole rings is 1.